The molecule has 3 N–H and O–H groups in total. The van der Waals surface area contributed by atoms with Crippen molar-refractivity contribution in [1.82, 2.24) is 10.6 Å². The van der Waals surface area contributed by atoms with Crippen LogP contribution in [0.15, 0.2) is 12.7 Å². The van der Waals surface area contributed by atoms with Gasteiger partial charge in [-0.3, -0.25) is 10.1 Å². The summed E-state index contributed by atoms with van der Waals surface area (Å²) >= 11 is 0. The Morgan fingerprint density at radius 3 is 2.43 bits per heavy atom. The number of carbonyl (C=O) groups excluding carboxylic acids is 1. The summed E-state index contributed by atoms with van der Waals surface area (Å²) in [5, 5.41) is 16.4. The van der Waals surface area contributed by atoms with Crippen molar-refractivity contribution in [3.8, 4) is 0 Å². The summed E-state index contributed by atoms with van der Waals surface area (Å²) < 4.78 is 0. The fraction of sp³-hybridized carbons (Fsp3) is 0.842. The van der Waals surface area contributed by atoms with Gasteiger partial charge in [0.1, 0.15) is 6.23 Å². The lowest BCUT2D eigenvalue weighted by Crippen LogP contribution is -2.44. The number of amides is 1. The van der Waals surface area contributed by atoms with Crippen LogP contribution in [0.4, 0.5) is 0 Å². The number of nitrogens with one attached hydrogen (secondary N) is 2. The van der Waals surface area contributed by atoms with Gasteiger partial charge in [0.05, 0.1) is 0 Å². The Balaban J connectivity index is 2.76. The first-order chi connectivity index (χ1) is 10.8. The van der Waals surface area contributed by atoms with E-state index in [0.29, 0.717) is 11.8 Å². The molecule has 23 heavy (non-hydrogen) atoms. The van der Waals surface area contributed by atoms with E-state index in [-0.39, 0.29) is 29.7 Å². The van der Waals surface area contributed by atoms with Crippen LogP contribution in [0.1, 0.15) is 53.9 Å². The maximum Gasteiger partial charge on any atom is 0.223 e. The molecule has 0 bridgehead atoms. The number of rotatable bonds is 9. The first kappa shape index (κ1) is 20.2. The van der Waals surface area contributed by atoms with E-state index >= 15 is 0 Å². The van der Waals surface area contributed by atoms with E-state index in [4.69, 9.17) is 0 Å². The largest absolute Gasteiger partial charge is 0.378 e. The highest BCUT2D eigenvalue weighted by Crippen LogP contribution is 2.28. The maximum absolute atomic E-state index is 12.5. The summed E-state index contributed by atoms with van der Waals surface area (Å²) in [5.74, 6) is 1.41. The molecular weight excluding hydrogens is 288 g/mol. The molecule has 0 saturated carbocycles. The molecule has 1 amide bonds. The highest BCUT2D eigenvalue weighted by molar-refractivity contribution is 5.78. The lowest BCUT2D eigenvalue weighted by Gasteiger charge is -2.31. The van der Waals surface area contributed by atoms with Gasteiger partial charge in [-0.1, -0.05) is 40.7 Å². The Morgan fingerprint density at radius 1 is 1.35 bits per heavy atom. The Bertz CT molecular complexity index is 382. The number of aliphatic hydroxyl groups is 1. The van der Waals surface area contributed by atoms with E-state index in [1.165, 1.54) is 0 Å². The molecule has 4 heteroatoms. The summed E-state index contributed by atoms with van der Waals surface area (Å²) in [7, 11) is 0. The quantitative estimate of drug-likeness (QED) is 0.572. The smallest absolute Gasteiger partial charge is 0.223 e. The SMILES string of the molecule is C=C[C@H](C[C@@H]1CCNC1O)[C@H](CC(C)C)NC(=O)[C@@H](C)C(C)C. The number of carbonyl (C=O) groups is 1. The fourth-order valence-electron chi connectivity index (χ4n) is 3.23. The molecule has 1 rings (SSSR count). The van der Waals surface area contributed by atoms with Crippen molar-refractivity contribution < 1.29 is 9.90 Å². The Kier molecular flexibility index (Phi) is 8.27. The number of hydrogen-bond acceptors (Lipinski definition) is 3. The topological polar surface area (TPSA) is 61.4 Å². The predicted octanol–water partition coefficient (Wildman–Crippen LogP) is 2.93. The minimum Gasteiger partial charge on any atom is -0.378 e. The first-order valence-corrected chi connectivity index (χ1v) is 9.10. The monoisotopic (exact) mass is 324 g/mol. The van der Waals surface area contributed by atoms with Crippen LogP contribution in [0.5, 0.6) is 0 Å². The lowest BCUT2D eigenvalue weighted by molar-refractivity contribution is -0.126. The molecule has 1 heterocycles. The number of aliphatic hydroxyl groups excluding tert-OH is 1. The molecule has 0 aromatic carbocycles. The predicted molar refractivity (Wildman–Crippen MR) is 95.8 cm³/mol. The van der Waals surface area contributed by atoms with Crippen LogP contribution in [0.25, 0.3) is 0 Å². The molecule has 1 fully saturated rings. The third-order valence-electron chi connectivity index (χ3n) is 5.18. The van der Waals surface area contributed by atoms with E-state index in [9.17, 15) is 9.90 Å². The van der Waals surface area contributed by atoms with Crippen molar-refractivity contribution in [2.45, 2.75) is 66.2 Å². The summed E-state index contributed by atoms with van der Waals surface area (Å²) in [6, 6.07) is 0.0917. The molecule has 1 saturated heterocycles. The van der Waals surface area contributed by atoms with Crippen molar-refractivity contribution in [3.63, 3.8) is 0 Å². The van der Waals surface area contributed by atoms with Gasteiger partial charge in [0, 0.05) is 17.9 Å². The van der Waals surface area contributed by atoms with Crippen LogP contribution in [-0.4, -0.2) is 29.8 Å². The van der Waals surface area contributed by atoms with E-state index in [1.54, 1.807) is 0 Å². The molecule has 134 valence electrons. The zero-order valence-electron chi connectivity index (χ0n) is 15.5. The van der Waals surface area contributed by atoms with Crippen LogP contribution in [0.3, 0.4) is 0 Å². The zero-order valence-corrected chi connectivity index (χ0v) is 15.5. The van der Waals surface area contributed by atoms with Gasteiger partial charge in [-0.25, -0.2) is 0 Å². The molecule has 0 aliphatic carbocycles. The average molecular weight is 325 g/mol. The van der Waals surface area contributed by atoms with Crippen LogP contribution in [-0.2, 0) is 4.79 Å². The first-order valence-electron chi connectivity index (χ1n) is 9.10. The van der Waals surface area contributed by atoms with E-state index < -0.39 is 6.23 Å². The minimum atomic E-state index is -0.428. The molecule has 0 radical (unpaired) electrons. The highest BCUT2D eigenvalue weighted by Gasteiger charge is 2.31. The van der Waals surface area contributed by atoms with Gasteiger partial charge in [0.25, 0.3) is 0 Å². The summed E-state index contributed by atoms with van der Waals surface area (Å²) in [6.45, 7) is 15.3. The molecular formula is C19H36N2O2. The minimum absolute atomic E-state index is 0.00821. The van der Waals surface area contributed by atoms with Gasteiger partial charge >= 0.3 is 0 Å². The summed E-state index contributed by atoms with van der Waals surface area (Å²) in [6.07, 6.45) is 4.31. The molecule has 4 nitrogen and oxygen atoms in total. The van der Waals surface area contributed by atoms with Crippen molar-refractivity contribution in [3.05, 3.63) is 12.7 Å². The van der Waals surface area contributed by atoms with Crippen molar-refractivity contribution in [2.75, 3.05) is 6.54 Å². The van der Waals surface area contributed by atoms with Crippen molar-refractivity contribution >= 4 is 5.91 Å². The highest BCUT2D eigenvalue weighted by atomic mass is 16.3. The zero-order chi connectivity index (χ0) is 17.6. The maximum atomic E-state index is 12.5. The Labute approximate surface area is 142 Å². The van der Waals surface area contributed by atoms with Gasteiger partial charge in [-0.2, -0.15) is 0 Å². The third kappa shape index (κ3) is 6.27. The molecule has 0 spiro atoms. The van der Waals surface area contributed by atoms with E-state index in [1.807, 2.05) is 13.0 Å². The van der Waals surface area contributed by atoms with Gasteiger partial charge < -0.3 is 10.4 Å². The average Bonchev–Trinajstić information content (AvgIpc) is 2.87. The second kappa shape index (κ2) is 9.43. The molecule has 0 aromatic rings. The van der Waals surface area contributed by atoms with Crippen LogP contribution in [0.2, 0.25) is 0 Å². The van der Waals surface area contributed by atoms with Crippen LogP contribution in [0, 0.1) is 29.6 Å². The molecule has 1 aliphatic rings. The van der Waals surface area contributed by atoms with Gasteiger partial charge in [-0.05, 0) is 43.6 Å². The number of hydrogen-bond donors (Lipinski definition) is 3. The molecule has 1 unspecified atom stereocenters. The fourth-order valence-corrected chi connectivity index (χ4v) is 3.23. The second-order valence-corrected chi connectivity index (χ2v) is 7.86. The summed E-state index contributed by atoms with van der Waals surface area (Å²) in [4.78, 5) is 12.5. The van der Waals surface area contributed by atoms with Crippen molar-refractivity contribution in [2.24, 2.45) is 29.6 Å². The molecule has 1 aliphatic heterocycles. The van der Waals surface area contributed by atoms with Gasteiger partial charge in [0.15, 0.2) is 0 Å². The van der Waals surface area contributed by atoms with Gasteiger partial charge in [0.2, 0.25) is 5.91 Å². The lowest BCUT2D eigenvalue weighted by atomic mass is 9.83. The third-order valence-corrected chi connectivity index (χ3v) is 5.18. The summed E-state index contributed by atoms with van der Waals surface area (Å²) in [5.41, 5.74) is 0. The van der Waals surface area contributed by atoms with Crippen LogP contribution < -0.4 is 10.6 Å². The van der Waals surface area contributed by atoms with Crippen LogP contribution >= 0.6 is 0 Å². The molecule has 5 atom stereocenters. The van der Waals surface area contributed by atoms with Gasteiger partial charge in [-0.15, -0.1) is 6.58 Å². The Hall–Kier alpha value is -0.870. The van der Waals surface area contributed by atoms with Crippen molar-refractivity contribution in [1.29, 1.82) is 0 Å². The Morgan fingerprint density at radius 2 is 2.00 bits per heavy atom. The second-order valence-electron chi connectivity index (χ2n) is 7.86. The standard InChI is InChI=1S/C19H36N2O2/c1-7-15(11-16-8-9-20-19(16)23)17(10-12(2)3)21-18(22)14(6)13(4)5/h7,12-17,19-20,23H,1,8-11H2,2-6H3,(H,21,22)/t14-,15+,16-,17-,19?/m0/s1. The normalized spacial score (nSPS) is 25.4. The van der Waals surface area contributed by atoms with E-state index in [2.05, 4.69) is 44.9 Å². The molecule has 0 aromatic heterocycles. The van der Waals surface area contributed by atoms with E-state index in [0.717, 1.165) is 25.8 Å².